The number of carbonyl (C=O) groups is 2. The standard InChI is InChI=1S/C23H24N6O3S/c1-5-32-21(31)20-16(4)25-23(33-20)28(13-17-9-7-6-8-10-17)19(30)12-18-26-22-24-14(2)11-15(3)29(22)27-18/h6-11H,5,12-13H2,1-4H3. The number of amides is 1. The average molecular weight is 465 g/mol. The van der Waals surface area contributed by atoms with Gasteiger partial charge in [-0.3, -0.25) is 9.69 Å². The fourth-order valence-electron chi connectivity index (χ4n) is 3.43. The highest BCUT2D eigenvalue weighted by Crippen LogP contribution is 2.28. The summed E-state index contributed by atoms with van der Waals surface area (Å²) >= 11 is 1.14. The van der Waals surface area contributed by atoms with E-state index in [9.17, 15) is 9.59 Å². The Labute approximate surface area is 195 Å². The first kappa shape index (κ1) is 22.5. The van der Waals surface area contributed by atoms with Gasteiger partial charge in [-0.15, -0.1) is 5.10 Å². The quantitative estimate of drug-likeness (QED) is 0.386. The molecule has 1 amide bonds. The van der Waals surface area contributed by atoms with Crippen molar-refractivity contribution in [2.75, 3.05) is 11.5 Å². The Hall–Kier alpha value is -3.66. The van der Waals surface area contributed by atoms with Crippen LogP contribution in [0.5, 0.6) is 0 Å². The maximum atomic E-state index is 13.4. The molecule has 4 aromatic rings. The molecule has 0 fully saturated rings. The zero-order chi connectivity index (χ0) is 23.5. The summed E-state index contributed by atoms with van der Waals surface area (Å²) in [7, 11) is 0. The van der Waals surface area contributed by atoms with Crippen LogP contribution in [0.3, 0.4) is 0 Å². The molecule has 0 saturated carbocycles. The number of carbonyl (C=O) groups excluding carboxylic acids is 2. The molecule has 9 nitrogen and oxygen atoms in total. The summed E-state index contributed by atoms with van der Waals surface area (Å²) in [5, 5.41) is 4.89. The van der Waals surface area contributed by atoms with Gasteiger partial charge in [0, 0.05) is 11.4 Å². The van der Waals surface area contributed by atoms with Gasteiger partial charge in [0.2, 0.25) is 5.91 Å². The maximum absolute atomic E-state index is 13.4. The van der Waals surface area contributed by atoms with E-state index >= 15 is 0 Å². The van der Waals surface area contributed by atoms with Gasteiger partial charge in [0.05, 0.1) is 25.3 Å². The molecule has 0 aliphatic heterocycles. The van der Waals surface area contributed by atoms with Crippen molar-refractivity contribution >= 4 is 34.1 Å². The van der Waals surface area contributed by atoms with Gasteiger partial charge in [-0.1, -0.05) is 41.7 Å². The summed E-state index contributed by atoms with van der Waals surface area (Å²) in [5.74, 6) is 0.163. The molecule has 33 heavy (non-hydrogen) atoms. The molecule has 3 heterocycles. The Morgan fingerprint density at radius 1 is 1.09 bits per heavy atom. The van der Waals surface area contributed by atoms with Gasteiger partial charge in [-0.2, -0.15) is 4.98 Å². The Bertz CT molecular complexity index is 1310. The lowest BCUT2D eigenvalue weighted by molar-refractivity contribution is -0.118. The summed E-state index contributed by atoms with van der Waals surface area (Å²) < 4.78 is 6.76. The Morgan fingerprint density at radius 3 is 2.58 bits per heavy atom. The van der Waals surface area contributed by atoms with Crippen molar-refractivity contribution in [2.24, 2.45) is 0 Å². The molecule has 0 unspecified atom stereocenters. The minimum Gasteiger partial charge on any atom is -0.462 e. The van der Waals surface area contributed by atoms with E-state index in [0.717, 1.165) is 28.3 Å². The van der Waals surface area contributed by atoms with Gasteiger partial charge in [0.25, 0.3) is 5.78 Å². The maximum Gasteiger partial charge on any atom is 0.350 e. The second-order valence-electron chi connectivity index (χ2n) is 7.55. The topological polar surface area (TPSA) is 103 Å². The molecule has 0 atom stereocenters. The van der Waals surface area contributed by atoms with Crippen molar-refractivity contribution < 1.29 is 14.3 Å². The highest BCUT2D eigenvalue weighted by atomic mass is 32.1. The summed E-state index contributed by atoms with van der Waals surface area (Å²) in [6.07, 6.45) is -0.0257. The number of esters is 1. The summed E-state index contributed by atoms with van der Waals surface area (Å²) in [5.41, 5.74) is 3.19. The van der Waals surface area contributed by atoms with E-state index < -0.39 is 5.97 Å². The number of hydrogen-bond acceptors (Lipinski definition) is 8. The minimum atomic E-state index is -0.440. The third-order valence-corrected chi connectivity index (χ3v) is 6.09. The molecule has 0 N–H and O–H groups in total. The Balaban J connectivity index is 1.66. The largest absolute Gasteiger partial charge is 0.462 e. The lowest BCUT2D eigenvalue weighted by atomic mass is 10.2. The first-order valence-electron chi connectivity index (χ1n) is 10.5. The third-order valence-electron chi connectivity index (χ3n) is 4.93. The van der Waals surface area contributed by atoms with E-state index in [1.54, 1.807) is 23.3 Å². The fraction of sp³-hybridized carbons (Fsp3) is 0.304. The molecule has 0 aliphatic carbocycles. The van der Waals surface area contributed by atoms with Crippen LogP contribution in [0, 0.1) is 20.8 Å². The van der Waals surface area contributed by atoms with E-state index in [4.69, 9.17) is 4.74 Å². The highest BCUT2D eigenvalue weighted by molar-refractivity contribution is 7.17. The van der Waals surface area contributed by atoms with Gasteiger partial charge in [-0.05, 0) is 39.3 Å². The van der Waals surface area contributed by atoms with Crippen LogP contribution in [0.2, 0.25) is 0 Å². The smallest absolute Gasteiger partial charge is 0.350 e. The predicted octanol–water partition coefficient (Wildman–Crippen LogP) is 3.46. The number of rotatable bonds is 7. The van der Waals surface area contributed by atoms with Crippen LogP contribution in [-0.2, 0) is 22.5 Å². The van der Waals surface area contributed by atoms with Crippen LogP contribution >= 0.6 is 11.3 Å². The lowest BCUT2D eigenvalue weighted by Gasteiger charge is -2.19. The van der Waals surface area contributed by atoms with Gasteiger partial charge in [0.1, 0.15) is 4.88 Å². The number of benzene rings is 1. The molecular weight excluding hydrogens is 440 g/mol. The van der Waals surface area contributed by atoms with Crippen molar-refractivity contribution in [2.45, 2.75) is 40.7 Å². The molecule has 0 saturated heterocycles. The Morgan fingerprint density at radius 2 is 1.85 bits per heavy atom. The highest BCUT2D eigenvalue weighted by Gasteiger charge is 2.25. The van der Waals surface area contributed by atoms with Crippen LogP contribution in [-0.4, -0.2) is 43.0 Å². The second-order valence-corrected chi connectivity index (χ2v) is 8.53. The number of fused-ring (bicyclic) bond motifs is 1. The van der Waals surface area contributed by atoms with Gasteiger partial charge in [-0.25, -0.2) is 19.3 Å². The summed E-state index contributed by atoms with van der Waals surface area (Å²) in [4.78, 5) is 41.0. The molecular formula is C23H24N6O3S. The van der Waals surface area contributed by atoms with Crippen LogP contribution in [0.25, 0.3) is 5.78 Å². The molecule has 0 radical (unpaired) electrons. The van der Waals surface area contributed by atoms with Crippen LogP contribution < -0.4 is 4.90 Å². The van der Waals surface area contributed by atoms with Gasteiger partial charge >= 0.3 is 5.97 Å². The average Bonchev–Trinajstić information content (AvgIpc) is 3.36. The van der Waals surface area contributed by atoms with Gasteiger partial charge < -0.3 is 4.74 Å². The van der Waals surface area contributed by atoms with Crippen molar-refractivity contribution in [3.05, 3.63) is 69.7 Å². The minimum absolute atomic E-state index is 0.0257. The molecule has 3 aromatic heterocycles. The molecule has 10 heteroatoms. The van der Waals surface area contributed by atoms with E-state index in [-0.39, 0.29) is 18.9 Å². The number of hydrogen-bond donors (Lipinski definition) is 0. The molecule has 4 rings (SSSR count). The summed E-state index contributed by atoms with van der Waals surface area (Å²) in [6, 6.07) is 11.5. The van der Waals surface area contributed by atoms with E-state index in [1.165, 1.54) is 0 Å². The SMILES string of the molecule is CCOC(=O)c1sc(N(Cc2ccccc2)C(=O)Cc2nc3nc(C)cc(C)n3n2)nc1C. The number of anilines is 1. The second kappa shape index (κ2) is 9.45. The third kappa shape index (κ3) is 4.90. The van der Waals surface area contributed by atoms with Gasteiger partial charge in [0.15, 0.2) is 11.0 Å². The zero-order valence-electron chi connectivity index (χ0n) is 18.9. The number of nitrogens with zero attached hydrogens (tertiary/aromatic N) is 6. The van der Waals surface area contributed by atoms with Crippen LogP contribution in [0.4, 0.5) is 5.13 Å². The molecule has 0 spiro atoms. The Kier molecular flexibility index (Phi) is 6.45. The first-order chi connectivity index (χ1) is 15.9. The van der Waals surface area contributed by atoms with E-state index in [2.05, 4.69) is 20.1 Å². The predicted molar refractivity (Wildman–Crippen MR) is 124 cm³/mol. The van der Waals surface area contributed by atoms with Crippen LogP contribution in [0.15, 0.2) is 36.4 Å². The molecule has 0 aliphatic rings. The fourth-order valence-corrected chi connectivity index (χ4v) is 4.40. The summed E-state index contributed by atoms with van der Waals surface area (Å²) in [6.45, 7) is 7.86. The molecule has 0 bridgehead atoms. The van der Waals surface area contributed by atoms with Crippen molar-refractivity contribution in [3.8, 4) is 0 Å². The normalized spacial score (nSPS) is 11.0. The number of aromatic nitrogens is 5. The first-order valence-corrected chi connectivity index (χ1v) is 11.4. The van der Waals surface area contributed by atoms with Crippen molar-refractivity contribution in [3.63, 3.8) is 0 Å². The van der Waals surface area contributed by atoms with Crippen molar-refractivity contribution in [1.82, 2.24) is 24.6 Å². The van der Waals surface area contributed by atoms with E-state index in [0.29, 0.717) is 33.8 Å². The molecule has 1 aromatic carbocycles. The zero-order valence-corrected chi connectivity index (χ0v) is 19.7. The molecule has 170 valence electrons. The number of ether oxygens (including phenoxy) is 1. The van der Waals surface area contributed by atoms with Crippen molar-refractivity contribution in [1.29, 1.82) is 0 Å². The van der Waals surface area contributed by atoms with E-state index in [1.807, 2.05) is 50.2 Å². The number of thiazole rings is 1. The lowest BCUT2D eigenvalue weighted by Crippen LogP contribution is -2.32. The number of aryl methyl sites for hydroxylation is 3. The monoisotopic (exact) mass is 464 g/mol. The van der Waals surface area contributed by atoms with Crippen LogP contribution in [0.1, 0.15) is 45.1 Å².